The summed E-state index contributed by atoms with van der Waals surface area (Å²) in [5.74, 6) is 1.78. The van der Waals surface area contributed by atoms with Crippen LogP contribution in [0.25, 0.3) is 17.0 Å². The van der Waals surface area contributed by atoms with E-state index in [-0.39, 0.29) is 0 Å². The molecule has 1 unspecified atom stereocenters. The van der Waals surface area contributed by atoms with Gasteiger partial charge in [0.1, 0.15) is 11.3 Å². The van der Waals surface area contributed by atoms with Crippen molar-refractivity contribution in [2.75, 3.05) is 6.54 Å². The van der Waals surface area contributed by atoms with E-state index in [9.17, 15) is 0 Å². The Hall–Kier alpha value is -2.14. The maximum absolute atomic E-state index is 5.55. The lowest BCUT2D eigenvalue weighted by Crippen LogP contribution is -2.25. The molecule has 3 aromatic heterocycles. The van der Waals surface area contributed by atoms with E-state index < -0.39 is 0 Å². The van der Waals surface area contributed by atoms with E-state index in [2.05, 4.69) is 10.3 Å². The summed E-state index contributed by atoms with van der Waals surface area (Å²) in [5, 5.41) is 3.52. The number of hydrogen-bond acceptors (Lipinski definition) is 4. The highest BCUT2D eigenvalue weighted by molar-refractivity contribution is 5.73. The van der Waals surface area contributed by atoms with Crippen LogP contribution in [-0.4, -0.2) is 27.1 Å². The van der Waals surface area contributed by atoms with Gasteiger partial charge in [-0.3, -0.25) is 0 Å². The third-order valence-corrected chi connectivity index (χ3v) is 3.80. The predicted molar refractivity (Wildman–Crippen MR) is 75.9 cm³/mol. The van der Waals surface area contributed by atoms with E-state index in [0.29, 0.717) is 6.04 Å². The SMILES string of the molecule is c1coc(-n2c(CC3CCCN3)nc3cccnc32)c1. The van der Waals surface area contributed by atoms with Crippen LogP contribution in [0.1, 0.15) is 18.7 Å². The van der Waals surface area contributed by atoms with Crippen LogP contribution in [0.5, 0.6) is 0 Å². The number of furan rings is 1. The average molecular weight is 268 g/mol. The number of fused-ring (bicyclic) bond motifs is 1. The maximum Gasteiger partial charge on any atom is 0.206 e. The molecule has 0 radical (unpaired) electrons. The van der Waals surface area contributed by atoms with Gasteiger partial charge in [0.05, 0.1) is 6.26 Å². The molecule has 20 heavy (non-hydrogen) atoms. The van der Waals surface area contributed by atoms with Gasteiger partial charge in [-0.25, -0.2) is 14.5 Å². The molecule has 1 aliphatic rings. The van der Waals surface area contributed by atoms with Gasteiger partial charge in [-0.15, -0.1) is 0 Å². The summed E-state index contributed by atoms with van der Waals surface area (Å²) in [7, 11) is 0. The number of rotatable bonds is 3. The van der Waals surface area contributed by atoms with Crippen LogP contribution in [0.4, 0.5) is 0 Å². The van der Waals surface area contributed by atoms with Gasteiger partial charge in [0.15, 0.2) is 5.65 Å². The Morgan fingerprint density at radius 2 is 2.35 bits per heavy atom. The zero-order valence-corrected chi connectivity index (χ0v) is 11.1. The number of pyridine rings is 1. The minimum atomic E-state index is 0.500. The topological polar surface area (TPSA) is 55.9 Å². The number of aromatic nitrogens is 3. The van der Waals surface area contributed by atoms with E-state index in [1.54, 1.807) is 12.5 Å². The molecule has 0 saturated carbocycles. The second-order valence-electron chi connectivity index (χ2n) is 5.16. The van der Waals surface area contributed by atoms with Crippen LogP contribution >= 0.6 is 0 Å². The van der Waals surface area contributed by atoms with Crippen molar-refractivity contribution in [3.63, 3.8) is 0 Å². The predicted octanol–water partition coefficient (Wildman–Crippen LogP) is 2.31. The molecule has 4 rings (SSSR count). The lowest BCUT2D eigenvalue weighted by Gasteiger charge is -2.10. The molecule has 1 N–H and O–H groups in total. The molecule has 1 aliphatic heterocycles. The zero-order valence-electron chi connectivity index (χ0n) is 11.1. The molecule has 102 valence electrons. The molecule has 5 heteroatoms. The monoisotopic (exact) mass is 268 g/mol. The maximum atomic E-state index is 5.55. The van der Waals surface area contributed by atoms with Gasteiger partial charge in [0.2, 0.25) is 5.88 Å². The summed E-state index contributed by atoms with van der Waals surface area (Å²) < 4.78 is 7.58. The molecule has 5 nitrogen and oxygen atoms in total. The number of nitrogens with one attached hydrogen (secondary N) is 1. The molecule has 0 aromatic carbocycles. The summed E-state index contributed by atoms with van der Waals surface area (Å²) in [6, 6.07) is 8.25. The van der Waals surface area contributed by atoms with Crippen molar-refractivity contribution < 1.29 is 4.42 Å². The Labute approximate surface area is 116 Å². The smallest absolute Gasteiger partial charge is 0.206 e. The first kappa shape index (κ1) is 11.7. The van der Waals surface area contributed by atoms with Gasteiger partial charge < -0.3 is 9.73 Å². The first-order valence-corrected chi connectivity index (χ1v) is 7.01. The van der Waals surface area contributed by atoms with E-state index >= 15 is 0 Å². The van der Waals surface area contributed by atoms with Crippen LogP contribution in [0, 0.1) is 0 Å². The van der Waals surface area contributed by atoms with Gasteiger partial charge in [-0.05, 0) is 37.6 Å². The molecule has 0 spiro atoms. The molecule has 0 amide bonds. The quantitative estimate of drug-likeness (QED) is 0.792. The van der Waals surface area contributed by atoms with Gasteiger partial charge in [0.25, 0.3) is 0 Å². The number of nitrogens with zero attached hydrogens (tertiary/aromatic N) is 3. The van der Waals surface area contributed by atoms with Gasteiger partial charge in [-0.1, -0.05) is 0 Å². The second kappa shape index (κ2) is 4.76. The fourth-order valence-corrected chi connectivity index (χ4v) is 2.88. The molecule has 1 saturated heterocycles. The number of hydrogen-bond donors (Lipinski definition) is 1. The summed E-state index contributed by atoms with van der Waals surface area (Å²) in [5.41, 5.74) is 1.77. The van der Waals surface area contributed by atoms with Crippen LogP contribution in [0.15, 0.2) is 41.1 Å². The summed E-state index contributed by atoms with van der Waals surface area (Å²) >= 11 is 0. The van der Waals surface area contributed by atoms with Crippen molar-refractivity contribution in [2.24, 2.45) is 0 Å². The fourth-order valence-electron chi connectivity index (χ4n) is 2.88. The third kappa shape index (κ3) is 1.91. The molecule has 1 atom stereocenters. The molecule has 0 aliphatic carbocycles. The van der Waals surface area contributed by atoms with Crippen molar-refractivity contribution in [3.8, 4) is 5.88 Å². The molecule has 4 heterocycles. The third-order valence-electron chi connectivity index (χ3n) is 3.80. The van der Waals surface area contributed by atoms with Gasteiger partial charge >= 0.3 is 0 Å². The standard InChI is InChI=1S/C15H16N4O/c1-4-11(16-7-1)10-13-18-12-5-2-8-17-15(12)19(13)14-6-3-9-20-14/h2-3,5-6,8-9,11,16H,1,4,7,10H2. The first-order valence-electron chi connectivity index (χ1n) is 7.01. The Morgan fingerprint density at radius 1 is 1.35 bits per heavy atom. The van der Waals surface area contributed by atoms with Crippen LogP contribution in [0.2, 0.25) is 0 Å². The molecular formula is C15H16N4O. The molecule has 0 bridgehead atoms. The molecular weight excluding hydrogens is 252 g/mol. The van der Waals surface area contributed by atoms with E-state index in [4.69, 9.17) is 9.40 Å². The van der Waals surface area contributed by atoms with Crippen LogP contribution in [0.3, 0.4) is 0 Å². The molecule has 3 aromatic rings. The van der Waals surface area contributed by atoms with E-state index in [0.717, 1.165) is 35.8 Å². The van der Waals surface area contributed by atoms with Gasteiger partial charge in [0, 0.05) is 24.7 Å². The minimum absolute atomic E-state index is 0.500. The van der Waals surface area contributed by atoms with Crippen molar-refractivity contribution in [3.05, 3.63) is 42.5 Å². The Balaban J connectivity index is 1.83. The highest BCUT2D eigenvalue weighted by Crippen LogP contribution is 2.22. The summed E-state index contributed by atoms with van der Waals surface area (Å²) in [6.45, 7) is 1.10. The van der Waals surface area contributed by atoms with Crippen LogP contribution in [-0.2, 0) is 6.42 Å². The first-order chi connectivity index (χ1) is 9.92. The highest BCUT2D eigenvalue weighted by atomic mass is 16.3. The van der Waals surface area contributed by atoms with Crippen molar-refractivity contribution in [1.29, 1.82) is 0 Å². The number of imidazole rings is 1. The average Bonchev–Trinajstić information content (AvgIpc) is 3.18. The van der Waals surface area contributed by atoms with Crippen LogP contribution < -0.4 is 5.32 Å². The summed E-state index contributed by atoms with van der Waals surface area (Å²) in [6.07, 6.45) is 6.82. The lowest BCUT2D eigenvalue weighted by atomic mass is 10.1. The highest BCUT2D eigenvalue weighted by Gasteiger charge is 2.21. The summed E-state index contributed by atoms with van der Waals surface area (Å²) in [4.78, 5) is 9.19. The van der Waals surface area contributed by atoms with Gasteiger partial charge in [-0.2, -0.15) is 0 Å². The minimum Gasteiger partial charge on any atom is -0.448 e. The van der Waals surface area contributed by atoms with E-state index in [1.807, 2.05) is 28.8 Å². The van der Waals surface area contributed by atoms with E-state index in [1.165, 1.54) is 12.8 Å². The Kier molecular flexibility index (Phi) is 2.77. The molecule has 1 fully saturated rings. The second-order valence-corrected chi connectivity index (χ2v) is 5.16. The zero-order chi connectivity index (χ0) is 13.4. The Morgan fingerprint density at radius 3 is 3.15 bits per heavy atom. The largest absolute Gasteiger partial charge is 0.448 e. The fraction of sp³-hybridized carbons (Fsp3) is 0.333. The lowest BCUT2D eigenvalue weighted by molar-refractivity contribution is 0.523. The van der Waals surface area contributed by atoms with Crippen molar-refractivity contribution in [1.82, 2.24) is 19.9 Å². The van der Waals surface area contributed by atoms with Crippen molar-refractivity contribution >= 4 is 11.2 Å². The normalized spacial score (nSPS) is 18.9. The van der Waals surface area contributed by atoms with Crippen molar-refractivity contribution in [2.45, 2.75) is 25.3 Å². The Bertz CT molecular complexity index is 711.